The van der Waals surface area contributed by atoms with E-state index in [2.05, 4.69) is 5.32 Å². The molecular weight excluding hydrogens is 613 g/mol. The van der Waals surface area contributed by atoms with Gasteiger partial charge in [-0.1, -0.05) is 111 Å². The average molecular weight is 652 g/mol. The van der Waals surface area contributed by atoms with Crippen LogP contribution in [0, 0.1) is 23.6 Å². The highest BCUT2D eigenvalue weighted by Crippen LogP contribution is 2.42. The van der Waals surface area contributed by atoms with Gasteiger partial charge in [-0.3, -0.25) is 14.4 Å². The van der Waals surface area contributed by atoms with Gasteiger partial charge in [0.05, 0.1) is 17.3 Å². The Balaban J connectivity index is 1.37. The van der Waals surface area contributed by atoms with E-state index in [1.54, 1.807) is 17.0 Å². The Bertz CT molecular complexity index is 1810. The van der Waals surface area contributed by atoms with Crippen LogP contribution in [0.3, 0.4) is 0 Å². The summed E-state index contributed by atoms with van der Waals surface area (Å²) < 4.78 is 13.9. The number of unbranched alkanes of at least 4 members (excludes halogenated alkanes) is 1. The fourth-order valence-electron chi connectivity index (χ4n) is 6.73. The van der Waals surface area contributed by atoms with Crippen molar-refractivity contribution in [3.8, 4) is 22.3 Å². The van der Waals surface area contributed by atoms with Crippen molar-refractivity contribution in [1.82, 2.24) is 5.32 Å². The first-order valence-corrected chi connectivity index (χ1v) is 16.8. The molecule has 1 aliphatic carbocycles. The molecule has 3 N–H and O–H groups in total. The fourth-order valence-corrected chi connectivity index (χ4v) is 6.91. The average Bonchev–Trinajstić information content (AvgIpc) is 3.91. The van der Waals surface area contributed by atoms with Gasteiger partial charge in [0.1, 0.15) is 11.9 Å². The first-order chi connectivity index (χ1) is 22.7. The number of para-hydroxylation sites is 1. The molecule has 3 amide bonds. The van der Waals surface area contributed by atoms with Crippen LogP contribution < -0.4 is 16.0 Å². The summed E-state index contributed by atoms with van der Waals surface area (Å²) in [6.45, 7) is 2.27. The number of carbonyl (C=O) groups is 3. The largest absolute Gasteiger partial charge is 0.369 e. The topological polar surface area (TPSA) is 92.5 Å². The Labute approximate surface area is 280 Å². The molecule has 6 nitrogen and oxygen atoms in total. The zero-order valence-electron chi connectivity index (χ0n) is 26.4. The van der Waals surface area contributed by atoms with Crippen molar-refractivity contribution >= 4 is 35.0 Å². The first-order valence-electron chi connectivity index (χ1n) is 16.4. The standard InChI is InChI=1S/C39H39ClFN3O3/c1-2-3-11-31(37(42)45)32(21-24-16-17-24)38(46)43-36-30-14-5-4-12-28(30)29-13-6-7-15-35(29)44(39(36)47)23-25-9-8-10-26(20-25)27-18-19-34(41)33(40)22-27/h4-10,12-15,18-20,22,24,31-32,36H,2-3,11,16-17,21,23H2,1H3,(H2,42,45)(H,43,46). The van der Waals surface area contributed by atoms with Crippen LogP contribution in [0.5, 0.6) is 0 Å². The number of rotatable bonds is 12. The van der Waals surface area contributed by atoms with Gasteiger partial charge in [0.15, 0.2) is 0 Å². The molecule has 3 unspecified atom stereocenters. The van der Waals surface area contributed by atoms with Crippen molar-refractivity contribution in [2.45, 2.75) is 58.0 Å². The molecule has 0 bridgehead atoms. The number of nitrogens with zero attached hydrogens (tertiary/aromatic N) is 1. The highest BCUT2D eigenvalue weighted by Gasteiger charge is 2.40. The normalized spacial score (nSPS) is 16.9. The van der Waals surface area contributed by atoms with Crippen LogP contribution >= 0.6 is 11.6 Å². The number of primary amides is 1. The molecule has 47 heavy (non-hydrogen) atoms. The molecule has 0 spiro atoms. The van der Waals surface area contributed by atoms with Crippen molar-refractivity contribution in [3.05, 3.63) is 113 Å². The van der Waals surface area contributed by atoms with Gasteiger partial charge in [0, 0.05) is 17.4 Å². The monoisotopic (exact) mass is 651 g/mol. The summed E-state index contributed by atoms with van der Waals surface area (Å²) in [5.74, 6) is -2.37. The minimum absolute atomic E-state index is 0.0362. The molecule has 2 aliphatic rings. The van der Waals surface area contributed by atoms with E-state index < -0.39 is 29.6 Å². The van der Waals surface area contributed by atoms with E-state index in [1.807, 2.05) is 79.7 Å². The Morgan fingerprint density at radius 3 is 2.38 bits per heavy atom. The van der Waals surface area contributed by atoms with Crippen LogP contribution in [0.1, 0.15) is 62.6 Å². The quantitative estimate of drug-likeness (QED) is 0.162. The third-order valence-electron chi connectivity index (χ3n) is 9.42. The molecule has 1 saturated carbocycles. The summed E-state index contributed by atoms with van der Waals surface area (Å²) in [7, 11) is 0. The number of benzene rings is 4. The lowest BCUT2D eigenvalue weighted by atomic mass is 9.82. The highest BCUT2D eigenvalue weighted by atomic mass is 35.5. The smallest absolute Gasteiger partial charge is 0.254 e. The maximum atomic E-state index is 14.7. The van der Waals surface area contributed by atoms with Gasteiger partial charge >= 0.3 is 0 Å². The number of hydrogen-bond donors (Lipinski definition) is 2. The number of halogens is 2. The highest BCUT2D eigenvalue weighted by molar-refractivity contribution is 6.31. The summed E-state index contributed by atoms with van der Waals surface area (Å²) in [5, 5.41) is 3.16. The van der Waals surface area contributed by atoms with E-state index >= 15 is 0 Å². The van der Waals surface area contributed by atoms with Gasteiger partial charge in [-0.25, -0.2) is 4.39 Å². The minimum Gasteiger partial charge on any atom is -0.369 e. The van der Waals surface area contributed by atoms with Crippen LogP contribution in [0.2, 0.25) is 5.02 Å². The van der Waals surface area contributed by atoms with Crippen molar-refractivity contribution < 1.29 is 18.8 Å². The van der Waals surface area contributed by atoms with Crippen LogP contribution in [0.25, 0.3) is 22.3 Å². The Hall–Kier alpha value is -4.49. The third-order valence-corrected chi connectivity index (χ3v) is 9.71. The fraction of sp³-hybridized carbons (Fsp3) is 0.308. The number of carbonyl (C=O) groups excluding carboxylic acids is 3. The van der Waals surface area contributed by atoms with Crippen molar-refractivity contribution in [1.29, 1.82) is 0 Å². The minimum atomic E-state index is -0.980. The van der Waals surface area contributed by atoms with Gasteiger partial charge < -0.3 is 16.0 Å². The number of nitrogens with two attached hydrogens (primary N) is 1. The van der Waals surface area contributed by atoms with Gasteiger partial charge in [0.2, 0.25) is 11.8 Å². The van der Waals surface area contributed by atoms with E-state index in [4.69, 9.17) is 17.3 Å². The van der Waals surface area contributed by atoms with Crippen LogP contribution in [0.15, 0.2) is 91.0 Å². The van der Waals surface area contributed by atoms with Crippen LogP contribution in [-0.4, -0.2) is 17.7 Å². The molecule has 0 saturated heterocycles. The lowest BCUT2D eigenvalue weighted by Gasteiger charge is -2.29. The SMILES string of the molecule is CCCCC(C(N)=O)C(CC1CC1)C(=O)NC1C(=O)N(Cc2cccc(-c3ccc(F)c(Cl)c3)c2)c2ccccc2-c2ccccc21. The number of nitrogens with one attached hydrogen (secondary N) is 1. The molecule has 8 heteroatoms. The first kappa shape index (κ1) is 32.5. The van der Waals surface area contributed by atoms with Crippen LogP contribution in [-0.2, 0) is 20.9 Å². The molecule has 0 radical (unpaired) electrons. The zero-order valence-corrected chi connectivity index (χ0v) is 27.2. The maximum absolute atomic E-state index is 14.7. The Kier molecular flexibility index (Phi) is 9.73. The predicted molar refractivity (Wildman–Crippen MR) is 184 cm³/mol. The Morgan fingerprint density at radius 1 is 0.936 bits per heavy atom. The van der Waals surface area contributed by atoms with Crippen molar-refractivity contribution in [2.75, 3.05) is 4.90 Å². The molecule has 4 aromatic carbocycles. The second-order valence-corrected chi connectivity index (χ2v) is 13.1. The molecule has 242 valence electrons. The van der Waals surface area contributed by atoms with Gasteiger partial charge in [-0.05, 0) is 70.8 Å². The number of hydrogen-bond acceptors (Lipinski definition) is 3. The maximum Gasteiger partial charge on any atom is 0.254 e. The van der Waals surface area contributed by atoms with E-state index in [0.717, 1.165) is 59.2 Å². The Morgan fingerprint density at radius 2 is 1.66 bits per heavy atom. The molecule has 1 fully saturated rings. The molecular formula is C39H39ClFN3O3. The third kappa shape index (κ3) is 7.10. The zero-order chi connectivity index (χ0) is 33.1. The van der Waals surface area contributed by atoms with Gasteiger partial charge in [-0.15, -0.1) is 0 Å². The molecule has 6 rings (SSSR count). The van der Waals surface area contributed by atoms with E-state index in [0.29, 0.717) is 24.3 Å². The molecule has 1 aliphatic heterocycles. The predicted octanol–water partition coefficient (Wildman–Crippen LogP) is 8.23. The number of anilines is 1. The lowest BCUT2D eigenvalue weighted by molar-refractivity contribution is -0.136. The summed E-state index contributed by atoms with van der Waals surface area (Å²) in [6, 6.07) is 26.7. The second kappa shape index (κ2) is 14.1. The van der Waals surface area contributed by atoms with E-state index in [-0.39, 0.29) is 23.4 Å². The lowest BCUT2D eigenvalue weighted by Crippen LogP contribution is -2.46. The summed E-state index contributed by atoms with van der Waals surface area (Å²) in [4.78, 5) is 43.3. The number of fused-ring (bicyclic) bond motifs is 3. The number of amides is 3. The van der Waals surface area contributed by atoms with Gasteiger partial charge in [0.25, 0.3) is 5.91 Å². The second-order valence-electron chi connectivity index (χ2n) is 12.7. The van der Waals surface area contributed by atoms with Crippen LogP contribution in [0.4, 0.5) is 10.1 Å². The molecule has 4 aromatic rings. The van der Waals surface area contributed by atoms with Crippen molar-refractivity contribution in [2.24, 2.45) is 23.5 Å². The van der Waals surface area contributed by atoms with E-state index in [9.17, 15) is 18.8 Å². The molecule has 3 atom stereocenters. The van der Waals surface area contributed by atoms with Crippen molar-refractivity contribution in [3.63, 3.8) is 0 Å². The van der Waals surface area contributed by atoms with Gasteiger partial charge in [-0.2, -0.15) is 0 Å². The molecule has 1 heterocycles. The summed E-state index contributed by atoms with van der Waals surface area (Å²) >= 11 is 6.08. The van der Waals surface area contributed by atoms with E-state index in [1.165, 1.54) is 6.07 Å². The molecule has 0 aromatic heterocycles. The summed E-state index contributed by atoms with van der Waals surface area (Å²) in [6.07, 6.45) is 4.86. The summed E-state index contributed by atoms with van der Waals surface area (Å²) in [5.41, 5.74) is 11.5.